The van der Waals surface area contributed by atoms with Crippen LogP contribution >= 0.6 is 22.2 Å². The zero-order valence-corrected chi connectivity index (χ0v) is 17.8. The van der Waals surface area contributed by atoms with Gasteiger partial charge in [0.25, 0.3) is 0 Å². The third-order valence-corrected chi connectivity index (χ3v) is 7.95. The second kappa shape index (κ2) is 8.70. The average molecular weight is 367 g/mol. The molecule has 1 aromatic carbocycles. The Labute approximate surface area is 142 Å². The van der Waals surface area contributed by atoms with Crippen LogP contribution in [0.4, 0.5) is 0 Å². The van der Waals surface area contributed by atoms with Gasteiger partial charge in [-0.15, -0.1) is 0 Å². The Morgan fingerprint density at radius 2 is 1.38 bits per heavy atom. The summed E-state index contributed by atoms with van der Waals surface area (Å²) < 4.78 is 6.04. The molecule has 1 rings (SSSR count). The molecule has 21 heavy (non-hydrogen) atoms. The predicted octanol–water partition coefficient (Wildman–Crippen LogP) is 4.70. The maximum absolute atomic E-state index is 11.1. The SMILES string of the molecule is CC(C)(C)[Si](O)(OCc1ccccc1)C(C)(C)C.Cl[SiH2]Cl. The van der Waals surface area contributed by atoms with E-state index in [0.29, 0.717) is 6.61 Å². The lowest BCUT2D eigenvalue weighted by Gasteiger charge is -2.45. The fourth-order valence-electron chi connectivity index (χ4n) is 2.32. The van der Waals surface area contributed by atoms with Gasteiger partial charge in [-0.05, 0) is 5.56 Å². The van der Waals surface area contributed by atoms with Crippen molar-refractivity contribution in [2.75, 3.05) is 0 Å². The van der Waals surface area contributed by atoms with E-state index in [4.69, 9.17) is 26.6 Å². The molecular weight excluding hydrogens is 339 g/mol. The van der Waals surface area contributed by atoms with Gasteiger partial charge in [0.05, 0.1) is 6.61 Å². The highest BCUT2D eigenvalue weighted by Gasteiger charge is 2.55. The molecule has 0 fully saturated rings. The van der Waals surface area contributed by atoms with Crippen LogP contribution in [0, 0.1) is 0 Å². The van der Waals surface area contributed by atoms with E-state index in [2.05, 4.69) is 41.5 Å². The fourth-order valence-corrected chi connectivity index (χ4v) is 5.81. The summed E-state index contributed by atoms with van der Waals surface area (Å²) in [5.41, 5.74) is 1.11. The number of hydrogen-bond acceptors (Lipinski definition) is 2. The predicted molar refractivity (Wildman–Crippen MR) is 98.9 cm³/mol. The Morgan fingerprint density at radius 1 is 1.00 bits per heavy atom. The molecule has 1 N–H and O–H groups in total. The maximum Gasteiger partial charge on any atom is 0.346 e. The number of halogens is 2. The fraction of sp³-hybridized carbons (Fsp3) is 0.600. The molecule has 0 bridgehead atoms. The normalized spacial score (nSPS) is 12.6. The summed E-state index contributed by atoms with van der Waals surface area (Å²) >= 11 is 9.81. The molecule has 0 aliphatic heterocycles. The first kappa shape index (κ1) is 21.2. The van der Waals surface area contributed by atoms with Crippen LogP contribution in [0.5, 0.6) is 0 Å². The van der Waals surface area contributed by atoms with Crippen molar-refractivity contribution >= 4 is 38.9 Å². The van der Waals surface area contributed by atoms with E-state index in [0.717, 1.165) is 5.56 Å². The summed E-state index contributed by atoms with van der Waals surface area (Å²) in [7, 11) is -3.47. The Bertz CT molecular complexity index is 386. The number of benzene rings is 1. The maximum atomic E-state index is 11.1. The van der Waals surface area contributed by atoms with Gasteiger partial charge in [-0.3, -0.25) is 0 Å². The van der Waals surface area contributed by atoms with Crippen molar-refractivity contribution in [3.05, 3.63) is 35.9 Å². The van der Waals surface area contributed by atoms with Crippen molar-refractivity contribution in [1.82, 2.24) is 0 Å². The standard InChI is InChI=1S/C15H26O2Si.Cl2H2Si/c1-14(2,3)18(16,15(4,5)6)17-12-13-10-8-7-9-11-13;1-3-2/h7-11,16H,12H2,1-6H3;3H2. The van der Waals surface area contributed by atoms with Gasteiger partial charge in [-0.2, -0.15) is 22.2 Å². The van der Waals surface area contributed by atoms with E-state index in [1.54, 1.807) is 0 Å². The van der Waals surface area contributed by atoms with Gasteiger partial charge in [-0.1, -0.05) is 71.9 Å². The highest BCUT2D eigenvalue weighted by molar-refractivity contribution is 7.22. The van der Waals surface area contributed by atoms with Crippen LogP contribution in [-0.4, -0.2) is 21.5 Å². The van der Waals surface area contributed by atoms with Crippen LogP contribution in [0.2, 0.25) is 10.1 Å². The lowest BCUT2D eigenvalue weighted by Crippen LogP contribution is -2.54. The van der Waals surface area contributed by atoms with Gasteiger partial charge in [0, 0.05) is 10.1 Å². The lowest BCUT2D eigenvalue weighted by molar-refractivity contribution is 0.170. The van der Waals surface area contributed by atoms with E-state index in [9.17, 15) is 4.80 Å². The van der Waals surface area contributed by atoms with Gasteiger partial charge >= 0.3 is 8.56 Å². The molecule has 0 spiro atoms. The van der Waals surface area contributed by atoms with Crippen LogP contribution < -0.4 is 0 Å². The summed E-state index contributed by atoms with van der Waals surface area (Å²) in [5, 5.41) is -0.417. The van der Waals surface area contributed by atoms with Gasteiger partial charge < -0.3 is 9.22 Å². The number of rotatable bonds is 3. The second-order valence-corrected chi connectivity index (χ2v) is 14.2. The van der Waals surface area contributed by atoms with Crippen molar-refractivity contribution < 1.29 is 9.22 Å². The first-order valence-corrected chi connectivity index (χ1v) is 13.1. The number of hydrogen-bond donors (Lipinski definition) is 1. The molecule has 0 radical (unpaired) electrons. The highest BCUT2D eigenvalue weighted by atomic mass is 35.7. The minimum absolute atomic E-state index is 0.208. The Hall–Kier alpha value is 0.154. The van der Waals surface area contributed by atoms with Crippen LogP contribution in [0.25, 0.3) is 0 Å². The molecule has 0 saturated heterocycles. The molecule has 0 heterocycles. The van der Waals surface area contributed by atoms with Crippen LogP contribution in [0.1, 0.15) is 47.1 Å². The van der Waals surface area contributed by atoms with Gasteiger partial charge in [-0.25, -0.2) is 0 Å². The average Bonchev–Trinajstić information content (AvgIpc) is 2.35. The van der Waals surface area contributed by atoms with E-state index in [-0.39, 0.29) is 10.1 Å². The molecule has 0 aliphatic carbocycles. The molecule has 0 unspecified atom stereocenters. The van der Waals surface area contributed by atoms with E-state index in [1.807, 2.05) is 30.3 Å². The van der Waals surface area contributed by atoms with Crippen molar-refractivity contribution in [2.24, 2.45) is 0 Å². The summed E-state index contributed by atoms with van der Waals surface area (Å²) in [6.07, 6.45) is 0. The van der Waals surface area contributed by atoms with Crippen LogP contribution in [0.15, 0.2) is 30.3 Å². The summed E-state index contributed by atoms with van der Waals surface area (Å²) in [6.45, 7) is 12.9. The molecule has 6 heteroatoms. The second-order valence-electron chi connectivity index (χ2n) is 7.02. The molecule has 0 aliphatic rings. The third-order valence-electron chi connectivity index (χ3n) is 3.32. The first-order valence-electron chi connectivity index (χ1n) is 7.02. The minimum Gasteiger partial charge on any atom is -0.410 e. The summed E-state index contributed by atoms with van der Waals surface area (Å²) in [5.74, 6) is 0. The topological polar surface area (TPSA) is 29.5 Å². The molecule has 2 nitrogen and oxygen atoms in total. The molecule has 0 atom stereocenters. The smallest absolute Gasteiger partial charge is 0.346 e. The van der Waals surface area contributed by atoms with Crippen molar-refractivity contribution in [3.8, 4) is 0 Å². The zero-order chi connectivity index (χ0) is 16.7. The molecule has 122 valence electrons. The molecule has 0 aromatic heterocycles. The largest absolute Gasteiger partial charge is 0.410 e. The first-order chi connectivity index (χ1) is 9.49. The van der Waals surface area contributed by atoms with Crippen molar-refractivity contribution in [2.45, 2.75) is 58.2 Å². The molecule has 0 amide bonds. The van der Waals surface area contributed by atoms with Crippen molar-refractivity contribution in [3.63, 3.8) is 0 Å². The highest BCUT2D eigenvalue weighted by Crippen LogP contribution is 2.49. The van der Waals surface area contributed by atoms with Crippen LogP contribution in [0.3, 0.4) is 0 Å². The molecule has 0 saturated carbocycles. The van der Waals surface area contributed by atoms with Gasteiger partial charge in [0.15, 0.2) is 0 Å². The van der Waals surface area contributed by atoms with Gasteiger partial charge in [0.1, 0.15) is 0 Å². The van der Waals surface area contributed by atoms with E-state index >= 15 is 0 Å². The summed E-state index contributed by atoms with van der Waals surface area (Å²) in [4.78, 5) is 11.1. The Balaban J connectivity index is 0.00000122. The van der Waals surface area contributed by atoms with Crippen LogP contribution in [-0.2, 0) is 11.0 Å². The molecular formula is C15H28Cl2O2Si2. The lowest BCUT2D eigenvalue weighted by atomic mass is 10.2. The third kappa shape index (κ3) is 6.42. The van der Waals surface area contributed by atoms with Crippen molar-refractivity contribution in [1.29, 1.82) is 0 Å². The Morgan fingerprint density at radius 3 is 1.71 bits per heavy atom. The van der Waals surface area contributed by atoms with Gasteiger partial charge in [0.2, 0.25) is 8.14 Å². The van der Waals surface area contributed by atoms with E-state index in [1.165, 1.54) is 0 Å². The minimum atomic E-state index is -2.84. The quantitative estimate of drug-likeness (QED) is 0.620. The Kier molecular flexibility index (Phi) is 8.76. The molecule has 1 aromatic rings. The monoisotopic (exact) mass is 366 g/mol. The zero-order valence-electron chi connectivity index (χ0n) is 13.9. The van der Waals surface area contributed by atoms with E-state index < -0.39 is 16.7 Å². The summed E-state index contributed by atoms with van der Waals surface area (Å²) in [6, 6.07) is 10.0.